The zero-order valence-corrected chi connectivity index (χ0v) is 17.7. The number of halogens is 1. The van der Waals surface area contributed by atoms with Crippen LogP contribution in [-0.2, 0) is 4.74 Å². The SMILES string of the molecule is CNc1cc(Nc2cccnc2OC2CC(OC)C2)nc2c(C(=O)N[C@H]3C[C@H]3F)cnn12. The molecule has 5 rings (SSSR count). The van der Waals surface area contributed by atoms with E-state index in [0.29, 0.717) is 35.3 Å². The first-order chi connectivity index (χ1) is 15.6. The second kappa shape index (κ2) is 8.23. The monoisotopic (exact) mass is 441 g/mol. The summed E-state index contributed by atoms with van der Waals surface area (Å²) in [6, 6.07) is 4.97. The van der Waals surface area contributed by atoms with Crippen LogP contribution in [0.3, 0.4) is 0 Å². The van der Waals surface area contributed by atoms with Gasteiger partial charge in [-0.2, -0.15) is 9.61 Å². The highest BCUT2D eigenvalue weighted by molar-refractivity contribution is 6.00. The maximum atomic E-state index is 13.2. The Morgan fingerprint density at radius 3 is 2.81 bits per heavy atom. The Hall–Kier alpha value is -3.47. The van der Waals surface area contributed by atoms with Crippen molar-refractivity contribution in [3.8, 4) is 5.88 Å². The van der Waals surface area contributed by atoms with Gasteiger partial charge in [-0.1, -0.05) is 0 Å². The smallest absolute Gasteiger partial charge is 0.257 e. The minimum atomic E-state index is -0.988. The summed E-state index contributed by atoms with van der Waals surface area (Å²) in [7, 11) is 3.45. The van der Waals surface area contributed by atoms with Crippen molar-refractivity contribution in [3.05, 3.63) is 36.2 Å². The number of rotatable bonds is 8. The normalized spacial score (nSPS) is 24.0. The van der Waals surface area contributed by atoms with Gasteiger partial charge in [0.05, 0.1) is 18.3 Å². The maximum Gasteiger partial charge on any atom is 0.257 e. The standard InChI is InChI=1S/C21H24FN7O3/c1-23-18-9-17(26-15-4-3-5-24-21(15)32-12-6-11(7-12)31-2)28-19-13(10-25-29(18)19)20(30)27-16-8-14(16)22/h3-5,9-12,14,16,23H,6-8H2,1-2H3,(H,26,28)(H,27,30)/t11?,12?,14-,16+/m1/s1. The third-order valence-electron chi connectivity index (χ3n) is 5.70. The molecule has 3 N–H and O–H groups in total. The molecule has 0 aliphatic heterocycles. The van der Waals surface area contributed by atoms with Crippen LogP contribution in [0.4, 0.5) is 21.7 Å². The summed E-state index contributed by atoms with van der Waals surface area (Å²) in [6.45, 7) is 0. The Bertz CT molecular complexity index is 1150. The first-order valence-corrected chi connectivity index (χ1v) is 10.5. The topological polar surface area (TPSA) is 115 Å². The average molecular weight is 441 g/mol. The largest absolute Gasteiger partial charge is 0.473 e. The molecule has 0 unspecified atom stereocenters. The summed E-state index contributed by atoms with van der Waals surface area (Å²) in [4.78, 5) is 21.5. The number of anilines is 3. The van der Waals surface area contributed by atoms with Crippen LogP contribution in [0, 0.1) is 0 Å². The van der Waals surface area contributed by atoms with Crippen molar-refractivity contribution in [1.82, 2.24) is 24.9 Å². The Morgan fingerprint density at radius 2 is 2.09 bits per heavy atom. The van der Waals surface area contributed by atoms with Crippen molar-refractivity contribution in [2.45, 2.75) is 43.7 Å². The quantitative estimate of drug-likeness (QED) is 0.488. The van der Waals surface area contributed by atoms with E-state index in [9.17, 15) is 9.18 Å². The van der Waals surface area contributed by atoms with Gasteiger partial charge in [0.15, 0.2) is 5.65 Å². The fourth-order valence-corrected chi connectivity index (χ4v) is 3.61. The fraction of sp³-hybridized carbons (Fsp3) is 0.429. The van der Waals surface area contributed by atoms with Gasteiger partial charge in [-0.15, -0.1) is 0 Å². The van der Waals surface area contributed by atoms with Gasteiger partial charge >= 0.3 is 0 Å². The summed E-state index contributed by atoms with van der Waals surface area (Å²) in [5.41, 5.74) is 1.27. The number of nitrogens with zero attached hydrogens (tertiary/aromatic N) is 4. The van der Waals surface area contributed by atoms with Crippen molar-refractivity contribution in [2.24, 2.45) is 0 Å². The van der Waals surface area contributed by atoms with Crippen molar-refractivity contribution in [2.75, 3.05) is 24.8 Å². The molecule has 3 aromatic heterocycles. The third-order valence-corrected chi connectivity index (χ3v) is 5.70. The Labute approximate surface area is 183 Å². The first-order valence-electron chi connectivity index (χ1n) is 10.5. The van der Waals surface area contributed by atoms with Crippen LogP contribution >= 0.6 is 0 Å². The Morgan fingerprint density at radius 1 is 1.28 bits per heavy atom. The molecule has 0 bridgehead atoms. The summed E-state index contributed by atoms with van der Waals surface area (Å²) < 4.78 is 26.1. The average Bonchev–Trinajstić information content (AvgIpc) is 3.28. The van der Waals surface area contributed by atoms with Gasteiger partial charge in [0.1, 0.15) is 35.2 Å². The van der Waals surface area contributed by atoms with Crippen molar-refractivity contribution in [3.63, 3.8) is 0 Å². The molecule has 3 aromatic rings. The zero-order chi connectivity index (χ0) is 22.2. The van der Waals surface area contributed by atoms with E-state index in [1.807, 2.05) is 6.07 Å². The molecule has 2 atom stereocenters. The molecule has 2 saturated carbocycles. The number of fused-ring (bicyclic) bond motifs is 1. The van der Waals surface area contributed by atoms with Crippen LogP contribution < -0.4 is 20.7 Å². The lowest BCUT2D eigenvalue weighted by Gasteiger charge is -2.34. The van der Waals surface area contributed by atoms with E-state index in [-0.39, 0.29) is 17.8 Å². The summed E-state index contributed by atoms with van der Waals surface area (Å²) in [5.74, 6) is 1.17. The molecule has 0 aromatic carbocycles. The lowest BCUT2D eigenvalue weighted by Crippen LogP contribution is -2.39. The number of hydrogen-bond acceptors (Lipinski definition) is 8. The molecule has 168 valence electrons. The number of aromatic nitrogens is 4. The van der Waals surface area contributed by atoms with E-state index in [0.717, 1.165) is 12.8 Å². The van der Waals surface area contributed by atoms with Gasteiger partial charge < -0.3 is 25.4 Å². The van der Waals surface area contributed by atoms with Gasteiger partial charge in [-0.3, -0.25) is 4.79 Å². The number of alkyl halides is 1. The summed E-state index contributed by atoms with van der Waals surface area (Å²) >= 11 is 0. The van der Waals surface area contributed by atoms with E-state index in [1.54, 1.807) is 32.5 Å². The van der Waals surface area contributed by atoms with Gasteiger partial charge in [0.2, 0.25) is 5.88 Å². The molecule has 0 radical (unpaired) electrons. The predicted molar refractivity (Wildman–Crippen MR) is 115 cm³/mol. The van der Waals surface area contributed by atoms with E-state index >= 15 is 0 Å². The first kappa shape index (κ1) is 20.4. The fourth-order valence-electron chi connectivity index (χ4n) is 3.61. The van der Waals surface area contributed by atoms with Crippen LogP contribution in [-0.4, -0.2) is 64.1 Å². The van der Waals surface area contributed by atoms with E-state index < -0.39 is 18.1 Å². The van der Waals surface area contributed by atoms with Crippen LogP contribution in [0.2, 0.25) is 0 Å². The van der Waals surface area contributed by atoms with Crippen LogP contribution in [0.1, 0.15) is 29.6 Å². The minimum absolute atomic E-state index is 0.0468. The van der Waals surface area contributed by atoms with Crippen LogP contribution in [0.15, 0.2) is 30.6 Å². The van der Waals surface area contributed by atoms with Gasteiger partial charge in [0.25, 0.3) is 5.91 Å². The maximum absolute atomic E-state index is 13.2. The van der Waals surface area contributed by atoms with E-state index in [4.69, 9.17) is 9.47 Å². The molecule has 2 aliphatic rings. The van der Waals surface area contributed by atoms with Gasteiger partial charge in [-0.05, 0) is 12.1 Å². The third kappa shape index (κ3) is 3.91. The van der Waals surface area contributed by atoms with Crippen LogP contribution in [0.25, 0.3) is 5.65 Å². The molecular weight excluding hydrogens is 417 g/mol. The number of amides is 1. The second-order valence-corrected chi connectivity index (χ2v) is 7.95. The number of methoxy groups -OCH3 is 1. The number of carbonyl (C=O) groups excluding carboxylic acids is 1. The lowest BCUT2D eigenvalue weighted by molar-refractivity contribution is -0.0393. The highest BCUT2D eigenvalue weighted by atomic mass is 19.1. The lowest BCUT2D eigenvalue weighted by atomic mass is 9.92. The molecule has 10 nitrogen and oxygen atoms in total. The Kier molecular flexibility index (Phi) is 5.25. The summed E-state index contributed by atoms with van der Waals surface area (Å²) in [5, 5.41) is 13.2. The minimum Gasteiger partial charge on any atom is -0.473 e. The second-order valence-electron chi connectivity index (χ2n) is 7.95. The van der Waals surface area contributed by atoms with Gasteiger partial charge in [0, 0.05) is 45.7 Å². The van der Waals surface area contributed by atoms with Crippen molar-refractivity contribution >= 4 is 28.9 Å². The molecule has 0 saturated heterocycles. The zero-order valence-electron chi connectivity index (χ0n) is 17.7. The molecule has 2 aliphatic carbocycles. The number of hydrogen-bond donors (Lipinski definition) is 3. The highest BCUT2D eigenvalue weighted by Gasteiger charge is 2.39. The van der Waals surface area contributed by atoms with Crippen molar-refractivity contribution < 1.29 is 18.7 Å². The molecule has 32 heavy (non-hydrogen) atoms. The highest BCUT2D eigenvalue weighted by Crippen LogP contribution is 2.32. The van der Waals surface area contributed by atoms with E-state index in [1.165, 1.54) is 10.7 Å². The molecular formula is C21H24FN7O3. The molecule has 0 spiro atoms. The number of carbonyl (C=O) groups is 1. The number of pyridine rings is 1. The van der Waals surface area contributed by atoms with Crippen LogP contribution in [0.5, 0.6) is 5.88 Å². The molecule has 11 heteroatoms. The molecule has 2 fully saturated rings. The summed E-state index contributed by atoms with van der Waals surface area (Å²) in [6.07, 6.45) is 4.34. The Balaban J connectivity index is 1.41. The predicted octanol–water partition coefficient (Wildman–Crippen LogP) is 2.31. The molecule has 1 amide bonds. The molecule has 3 heterocycles. The number of nitrogens with one attached hydrogen (secondary N) is 3. The number of ether oxygens (including phenoxy) is 2. The van der Waals surface area contributed by atoms with E-state index in [2.05, 4.69) is 31.0 Å². The van der Waals surface area contributed by atoms with Gasteiger partial charge in [-0.25, -0.2) is 14.4 Å². The van der Waals surface area contributed by atoms with Crippen molar-refractivity contribution in [1.29, 1.82) is 0 Å².